The Kier molecular flexibility index (Phi) is 5.45. The van der Waals surface area contributed by atoms with E-state index >= 15 is 0 Å². The first-order valence-electron chi connectivity index (χ1n) is 7.99. The van der Waals surface area contributed by atoms with E-state index in [1.165, 1.54) is 12.8 Å². The normalized spacial score (nSPS) is 24.0. The SMILES string of the molecule is CCCC1CCN(C(=O)C2(C(N)=NO)CCOCC2)CC1. The standard InChI is InChI=1S/C15H27N3O3/c1-2-3-12-4-8-18(9-5-12)14(19)15(13(16)17-20)6-10-21-11-7-15/h12,20H,2-11H2,1H3,(H2,16,17). The van der Waals surface area contributed by atoms with Gasteiger partial charge in [0.2, 0.25) is 5.91 Å². The Labute approximate surface area is 126 Å². The van der Waals surface area contributed by atoms with Crippen molar-refractivity contribution < 1.29 is 14.7 Å². The maximum absolute atomic E-state index is 12.9. The minimum Gasteiger partial charge on any atom is -0.409 e. The van der Waals surface area contributed by atoms with Crippen LogP contribution in [0.4, 0.5) is 0 Å². The molecule has 0 radical (unpaired) electrons. The number of hydrogen-bond acceptors (Lipinski definition) is 4. The molecule has 0 spiro atoms. The summed E-state index contributed by atoms with van der Waals surface area (Å²) in [4.78, 5) is 14.8. The van der Waals surface area contributed by atoms with E-state index in [0.29, 0.717) is 26.1 Å². The lowest BCUT2D eigenvalue weighted by Crippen LogP contribution is -2.55. The molecule has 3 N–H and O–H groups in total. The predicted octanol–water partition coefficient (Wildman–Crippen LogP) is 1.57. The van der Waals surface area contributed by atoms with Gasteiger partial charge in [0.05, 0.1) is 0 Å². The Morgan fingerprint density at radius 3 is 2.52 bits per heavy atom. The van der Waals surface area contributed by atoms with Crippen molar-refractivity contribution in [3.05, 3.63) is 0 Å². The zero-order chi connectivity index (χ0) is 15.3. The van der Waals surface area contributed by atoms with E-state index in [4.69, 9.17) is 15.7 Å². The van der Waals surface area contributed by atoms with Gasteiger partial charge in [0.1, 0.15) is 5.41 Å². The third-order valence-corrected chi connectivity index (χ3v) is 4.95. The molecule has 0 aromatic carbocycles. The summed E-state index contributed by atoms with van der Waals surface area (Å²) in [6.07, 6.45) is 5.54. The van der Waals surface area contributed by atoms with Gasteiger partial charge in [-0.2, -0.15) is 0 Å². The van der Waals surface area contributed by atoms with Gasteiger partial charge in [0.25, 0.3) is 0 Å². The Morgan fingerprint density at radius 1 is 1.38 bits per heavy atom. The van der Waals surface area contributed by atoms with Gasteiger partial charge >= 0.3 is 0 Å². The molecule has 0 saturated carbocycles. The van der Waals surface area contributed by atoms with Crippen LogP contribution in [-0.2, 0) is 9.53 Å². The molecule has 2 heterocycles. The molecule has 2 aliphatic rings. The minimum atomic E-state index is -0.870. The Hall–Kier alpha value is -1.30. The highest BCUT2D eigenvalue weighted by Gasteiger charge is 2.47. The third kappa shape index (κ3) is 3.31. The van der Waals surface area contributed by atoms with Crippen molar-refractivity contribution in [1.29, 1.82) is 0 Å². The van der Waals surface area contributed by atoms with Gasteiger partial charge in [0.15, 0.2) is 5.84 Å². The van der Waals surface area contributed by atoms with Crippen molar-refractivity contribution in [3.8, 4) is 0 Å². The van der Waals surface area contributed by atoms with Gasteiger partial charge in [0, 0.05) is 26.3 Å². The molecule has 0 aromatic heterocycles. The zero-order valence-electron chi connectivity index (χ0n) is 12.9. The number of nitrogens with two attached hydrogens (primary N) is 1. The lowest BCUT2D eigenvalue weighted by atomic mass is 9.77. The molecular formula is C15H27N3O3. The van der Waals surface area contributed by atoms with Gasteiger partial charge in [-0.25, -0.2) is 0 Å². The summed E-state index contributed by atoms with van der Waals surface area (Å²) < 4.78 is 5.34. The lowest BCUT2D eigenvalue weighted by molar-refractivity contribution is -0.144. The van der Waals surface area contributed by atoms with Crippen molar-refractivity contribution in [3.63, 3.8) is 0 Å². The van der Waals surface area contributed by atoms with Crippen LogP contribution in [0, 0.1) is 11.3 Å². The van der Waals surface area contributed by atoms with Crippen LogP contribution in [0.1, 0.15) is 45.4 Å². The van der Waals surface area contributed by atoms with Gasteiger partial charge < -0.3 is 20.6 Å². The molecule has 2 fully saturated rings. The molecule has 0 aliphatic carbocycles. The van der Waals surface area contributed by atoms with Crippen LogP contribution >= 0.6 is 0 Å². The van der Waals surface area contributed by atoms with Crippen molar-refractivity contribution in [2.75, 3.05) is 26.3 Å². The van der Waals surface area contributed by atoms with Gasteiger partial charge in [-0.05, 0) is 31.6 Å². The van der Waals surface area contributed by atoms with Crippen LogP contribution < -0.4 is 5.73 Å². The Bertz CT molecular complexity index is 384. The Balaban J connectivity index is 2.06. The number of piperidine rings is 1. The smallest absolute Gasteiger partial charge is 0.236 e. The first-order chi connectivity index (χ1) is 10.1. The molecule has 2 saturated heterocycles. The van der Waals surface area contributed by atoms with E-state index in [9.17, 15) is 4.79 Å². The molecule has 120 valence electrons. The number of carbonyl (C=O) groups is 1. The number of rotatable bonds is 4. The fraction of sp³-hybridized carbons (Fsp3) is 0.867. The van der Waals surface area contributed by atoms with Crippen LogP contribution in [0.5, 0.6) is 0 Å². The summed E-state index contributed by atoms with van der Waals surface area (Å²) in [6.45, 7) is 4.73. The lowest BCUT2D eigenvalue weighted by Gasteiger charge is -2.41. The number of amidine groups is 1. The number of likely N-dealkylation sites (tertiary alicyclic amines) is 1. The third-order valence-electron chi connectivity index (χ3n) is 4.95. The van der Waals surface area contributed by atoms with E-state index in [-0.39, 0.29) is 11.7 Å². The number of nitrogens with zero attached hydrogens (tertiary/aromatic N) is 2. The maximum atomic E-state index is 12.9. The van der Waals surface area contributed by atoms with Crippen molar-refractivity contribution in [1.82, 2.24) is 4.90 Å². The molecule has 2 aliphatic heterocycles. The predicted molar refractivity (Wildman–Crippen MR) is 80.1 cm³/mol. The molecule has 0 bridgehead atoms. The highest BCUT2D eigenvalue weighted by atomic mass is 16.5. The van der Waals surface area contributed by atoms with Crippen LogP contribution in [0.3, 0.4) is 0 Å². The summed E-state index contributed by atoms with van der Waals surface area (Å²) in [7, 11) is 0. The van der Waals surface area contributed by atoms with E-state index < -0.39 is 5.41 Å². The van der Waals surface area contributed by atoms with E-state index in [0.717, 1.165) is 31.8 Å². The molecule has 6 nitrogen and oxygen atoms in total. The molecule has 0 atom stereocenters. The largest absolute Gasteiger partial charge is 0.409 e. The van der Waals surface area contributed by atoms with E-state index in [2.05, 4.69) is 12.1 Å². The highest BCUT2D eigenvalue weighted by molar-refractivity contribution is 6.06. The monoisotopic (exact) mass is 297 g/mol. The summed E-state index contributed by atoms with van der Waals surface area (Å²) in [5.74, 6) is 0.774. The summed E-state index contributed by atoms with van der Waals surface area (Å²) in [5, 5.41) is 12.2. The number of hydrogen-bond donors (Lipinski definition) is 2. The second kappa shape index (κ2) is 7.11. The quantitative estimate of drug-likeness (QED) is 0.357. The van der Waals surface area contributed by atoms with Gasteiger partial charge in [-0.1, -0.05) is 24.9 Å². The number of carbonyl (C=O) groups excluding carboxylic acids is 1. The van der Waals surface area contributed by atoms with Gasteiger partial charge in [-0.3, -0.25) is 4.79 Å². The van der Waals surface area contributed by atoms with Crippen molar-refractivity contribution in [2.45, 2.75) is 45.4 Å². The van der Waals surface area contributed by atoms with Crippen LogP contribution in [0.15, 0.2) is 5.16 Å². The van der Waals surface area contributed by atoms with Crippen LogP contribution in [0.2, 0.25) is 0 Å². The number of amides is 1. The molecule has 0 unspecified atom stereocenters. The van der Waals surface area contributed by atoms with Crippen LogP contribution in [0.25, 0.3) is 0 Å². The highest BCUT2D eigenvalue weighted by Crippen LogP contribution is 2.35. The first kappa shape index (κ1) is 16.1. The van der Waals surface area contributed by atoms with Crippen molar-refractivity contribution in [2.24, 2.45) is 22.2 Å². The second-order valence-corrected chi connectivity index (χ2v) is 6.20. The fourth-order valence-electron chi connectivity index (χ4n) is 3.53. The van der Waals surface area contributed by atoms with E-state index in [1.54, 1.807) is 0 Å². The van der Waals surface area contributed by atoms with Crippen molar-refractivity contribution >= 4 is 11.7 Å². The number of ether oxygens (including phenoxy) is 1. The molecular weight excluding hydrogens is 270 g/mol. The average molecular weight is 297 g/mol. The molecule has 2 rings (SSSR count). The molecule has 21 heavy (non-hydrogen) atoms. The second-order valence-electron chi connectivity index (χ2n) is 6.20. The minimum absolute atomic E-state index is 0.0102. The van der Waals surface area contributed by atoms with E-state index in [1.807, 2.05) is 4.90 Å². The average Bonchev–Trinajstić information content (AvgIpc) is 2.55. The Morgan fingerprint density at radius 2 is 2.00 bits per heavy atom. The zero-order valence-corrected chi connectivity index (χ0v) is 12.9. The molecule has 6 heteroatoms. The fourth-order valence-corrected chi connectivity index (χ4v) is 3.53. The topological polar surface area (TPSA) is 88.2 Å². The summed E-state index contributed by atoms with van der Waals surface area (Å²) in [6, 6.07) is 0. The number of oxime groups is 1. The summed E-state index contributed by atoms with van der Waals surface area (Å²) in [5.41, 5.74) is 4.99. The maximum Gasteiger partial charge on any atom is 0.236 e. The van der Waals surface area contributed by atoms with Crippen LogP contribution in [-0.4, -0.2) is 48.2 Å². The summed E-state index contributed by atoms with van der Waals surface area (Å²) >= 11 is 0. The molecule has 1 amide bonds. The first-order valence-corrected chi connectivity index (χ1v) is 7.99. The van der Waals surface area contributed by atoms with Gasteiger partial charge in [-0.15, -0.1) is 0 Å². The molecule has 0 aromatic rings.